The average Bonchev–Trinajstić information content (AvgIpc) is 2.45. The summed E-state index contributed by atoms with van der Waals surface area (Å²) < 4.78 is 0. The second-order valence-corrected chi connectivity index (χ2v) is 5.37. The summed E-state index contributed by atoms with van der Waals surface area (Å²) in [7, 11) is 0. The molecule has 0 spiro atoms. The number of hydrogen-bond donors (Lipinski definition) is 3. The molecule has 0 aliphatic heterocycles. The molecule has 3 unspecified atom stereocenters. The standard InChI is InChI=1S/C16H26N2O2/c1-12(8-7-11-19)17-16(20)18-14(3)13(2)15-9-5-4-6-10-15/h4-6,9-10,12-14,19H,7-8,11H2,1-3H3,(H2,17,18,20). The first-order valence-corrected chi connectivity index (χ1v) is 7.27. The first-order valence-electron chi connectivity index (χ1n) is 7.27. The monoisotopic (exact) mass is 278 g/mol. The highest BCUT2D eigenvalue weighted by molar-refractivity contribution is 5.74. The fourth-order valence-corrected chi connectivity index (χ4v) is 2.11. The summed E-state index contributed by atoms with van der Waals surface area (Å²) in [5, 5.41) is 14.6. The van der Waals surface area contributed by atoms with E-state index in [1.54, 1.807) is 0 Å². The number of urea groups is 1. The fourth-order valence-electron chi connectivity index (χ4n) is 2.11. The molecular weight excluding hydrogens is 252 g/mol. The Morgan fingerprint density at radius 1 is 1.15 bits per heavy atom. The van der Waals surface area contributed by atoms with Crippen LogP contribution in [0.2, 0.25) is 0 Å². The highest BCUT2D eigenvalue weighted by Gasteiger charge is 2.17. The minimum atomic E-state index is -0.147. The first kappa shape index (κ1) is 16.5. The van der Waals surface area contributed by atoms with E-state index in [1.165, 1.54) is 5.56 Å². The molecule has 0 heterocycles. The summed E-state index contributed by atoms with van der Waals surface area (Å²) >= 11 is 0. The molecule has 0 bridgehead atoms. The van der Waals surface area contributed by atoms with Crippen molar-refractivity contribution in [2.24, 2.45) is 0 Å². The predicted molar refractivity (Wildman–Crippen MR) is 81.8 cm³/mol. The van der Waals surface area contributed by atoms with E-state index in [0.717, 1.165) is 6.42 Å². The van der Waals surface area contributed by atoms with E-state index < -0.39 is 0 Å². The van der Waals surface area contributed by atoms with Gasteiger partial charge in [-0.15, -0.1) is 0 Å². The number of hydrogen-bond acceptors (Lipinski definition) is 2. The van der Waals surface area contributed by atoms with Crippen LogP contribution >= 0.6 is 0 Å². The number of aliphatic hydroxyl groups excluding tert-OH is 1. The largest absolute Gasteiger partial charge is 0.396 e. The zero-order valence-corrected chi connectivity index (χ0v) is 12.6. The van der Waals surface area contributed by atoms with Gasteiger partial charge in [0.25, 0.3) is 0 Å². The van der Waals surface area contributed by atoms with E-state index in [2.05, 4.69) is 29.7 Å². The van der Waals surface area contributed by atoms with Gasteiger partial charge >= 0.3 is 6.03 Å². The Morgan fingerprint density at radius 3 is 2.40 bits per heavy atom. The van der Waals surface area contributed by atoms with Gasteiger partial charge in [-0.05, 0) is 32.3 Å². The molecule has 3 atom stereocenters. The topological polar surface area (TPSA) is 61.4 Å². The third kappa shape index (κ3) is 5.61. The molecule has 0 aliphatic rings. The normalized spacial score (nSPS) is 15.2. The molecule has 1 aromatic carbocycles. The second kappa shape index (κ2) is 8.59. The fraction of sp³-hybridized carbons (Fsp3) is 0.562. The van der Waals surface area contributed by atoms with E-state index in [9.17, 15) is 4.79 Å². The van der Waals surface area contributed by atoms with Gasteiger partial charge < -0.3 is 15.7 Å². The lowest BCUT2D eigenvalue weighted by Gasteiger charge is -2.23. The van der Waals surface area contributed by atoms with Crippen LogP contribution < -0.4 is 10.6 Å². The Kier molecular flexibility index (Phi) is 7.09. The Hall–Kier alpha value is -1.55. The number of benzene rings is 1. The van der Waals surface area contributed by atoms with E-state index in [4.69, 9.17) is 5.11 Å². The van der Waals surface area contributed by atoms with Gasteiger partial charge in [-0.2, -0.15) is 0 Å². The molecule has 3 N–H and O–H groups in total. The van der Waals surface area contributed by atoms with Crippen molar-refractivity contribution in [3.05, 3.63) is 35.9 Å². The van der Waals surface area contributed by atoms with Crippen molar-refractivity contribution < 1.29 is 9.90 Å². The van der Waals surface area contributed by atoms with Crippen molar-refractivity contribution in [2.45, 2.75) is 51.6 Å². The Balaban J connectivity index is 2.41. The molecule has 0 aromatic heterocycles. The quantitative estimate of drug-likeness (QED) is 0.718. The van der Waals surface area contributed by atoms with Crippen LogP contribution in [0.1, 0.15) is 45.1 Å². The maximum Gasteiger partial charge on any atom is 0.315 e. The molecule has 0 aliphatic carbocycles. The van der Waals surface area contributed by atoms with Crippen LogP contribution in [0.15, 0.2) is 30.3 Å². The van der Waals surface area contributed by atoms with Crippen LogP contribution in [0.25, 0.3) is 0 Å². The van der Waals surface area contributed by atoms with Crippen molar-refractivity contribution in [2.75, 3.05) is 6.61 Å². The summed E-state index contributed by atoms with van der Waals surface area (Å²) in [4.78, 5) is 11.9. The third-order valence-electron chi connectivity index (χ3n) is 3.61. The van der Waals surface area contributed by atoms with Crippen molar-refractivity contribution in [3.63, 3.8) is 0 Å². The molecular formula is C16H26N2O2. The van der Waals surface area contributed by atoms with E-state index in [1.807, 2.05) is 32.0 Å². The van der Waals surface area contributed by atoms with Crippen molar-refractivity contribution >= 4 is 6.03 Å². The van der Waals surface area contributed by atoms with Gasteiger partial charge in [-0.3, -0.25) is 0 Å². The zero-order chi connectivity index (χ0) is 15.0. The third-order valence-corrected chi connectivity index (χ3v) is 3.61. The highest BCUT2D eigenvalue weighted by Crippen LogP contribution is 2.18. The molecule has 20 heavy (non-hydrogen) atoms. The summed E-state index contributed by atoms with van der Waals surface area (Å²) in [6.07, 6.45) is 1.49. The minimum Gasteiger partial charge on any atom is -0.396 e. The molecule has 1 rings (SSSR count). The van der Waals surface area contributed by atoms with E-state index in [-0.39, 0.29) is 30.6 Å². The van der Waals surface area contributed by atoms with Crippen LogP contribution in [-0.2, 0) is 0 Å². The molecule has 0 saturated carbocycles. The second-order valence-electron chi connectivity index (χ2n) is 5.37. The number of amides is 2. The van der Waals surface area contributed by atoms with Gasteiger partial charge in [0.2, 0.25) is 0 Å². The van der Waals surface area contributed by atoms with Gasteiger partial charge in [-0.1, -0.05) is 37.3 Å². The Morgan fingerprint density at radius 2 is 1.80 bits per heavy atom. The highest BCUT2D eigenvalue weighted by atomic mass is 16.3. The summed E-state index contributed by atoms with van der Waals surface area (Å²) in [6, 6.07) is 10.1. The van der Waals surface area contributed by atoms with E-state index >= 15 is 0 Å². The Bertz CT molecular complexity index is 395. The molecule has 4 heteroatoms. The van der Waals surface area contributed by atoms with Crippen LogP contribution in [0.3, 0.4) is 0 Å². The van der Waals surface area contributed by atoms with Crippen LogP contribution in [-0.4, -0.2) is 29.8 Å². The van der Waals surface area contributed by atoms with Crippen LogP contribution in [0.5, 0.6) is 0 Å². The number of carbonyl (C=O) groups is 1. The van der Waals surface area contributed by atoms with E-state index in [0.29, 0.717) is 6.42 Å². The van der Waals surface area contributed by atoms with Gasteiger partial charge in [-0.25, -0.2) is 4.79 Å². The van der Waals surface area contributed by atoms with Crippen LogP contribution in [0, 0.1) is 0 Å². The van der Waals surface area contributed by atoms with Gasteiger partial charge in [0.05, 0.1) is 0 Å². The van der Waals surface area contributed by atoms with Crippen molar-refractivity contribution in [1.82, 2.24) is 10.6 Å². The molecule has 112 valence electrons. The van der Waals surface area contributed by atoms with Crippen molar-refractivity contribution in [1.29, 1.82) is 0 Å². The smallest absolute Gasteiger partial charge is 0.315 e. The summed E-state index contributed by atoms with van der Waals surface area (Å²) in [6.45, 7) is 6.22. The van der Waals surface area contributed by atoms with Crippen LogP contribution in [0.4, 0.5) is 4.79 Å². The zero-order valence-electron chi connectivity index (χ0n) is 12.6. The van der Waals surface area contributed by atoms with Gasteiger partial charge in [0.15, 0.2) is 0 Å². The van der Waals surface area contributed by atoms with Crippen molar-refractivity contribution in [3.8, 4) is 0 Å². The molecule has 0 radical (unpaired) electrons. The number of nitrogens with one attached hydrogen (secondary N) is 2. The van der Waals surface area contributed by atoms with Gasteiger partial charge in [0, 0.05) is 24.6 Å². The summed E-state index contributed by atoms with van der Waals surface area (Å²) in [5.74, 6) is 0.259. The number of aliphatic hydroxyl groups is 1. The maximum atomic E-state index is 11.9. The number of carbonyl (C=O) groups excluding carboxylic acids is 1. The average molecular weight is 278 g/mol. The lowest BCUT2D eigenvalue weighted by molar-refractivity contribution is 0.230. The SMILES string of the molecule is CC(CCCO)NC(=O)NC(C)C(C)c1ccccc1. The lowest BCUT2D eigenvalue weighted by atomic mass is 9.94. The molecule has 4 nitrogen and oxygen atoms in total. The molecule has 0 saturated heterocycles. The maximum absolute atomic E-state index is 11.9. The molecule has 1 aromatic rings. The Labute approximate surface area is 121 Å². The number of rotatable bonds is 7. The first-order chi connectivity index (χ1) is 9.54. The molecule has 2 amide bonds. The molecule has 0 fully saturated rings. The lowest BCUT2D eigenvalue weighted by Crippen LogP contribution is -2.46. The van der Waals surface area contributed by atoms with Gasteiger partial charge in [0.1, 0.15) is 0 Å². The predicted octanol–water partition coefficient (Wildman–Crippen LogP) is 2.64. The minimum absolute atomic E-state index is 0.0578. The summed E-state index contributed by atoms with van der Waals surface area (Å²) in [5.41, 5.74) is 1.22.